The summed E-state index contributed by atoms with van der Waals surface area (Å²) in [7, 11) is 2.27. The molecular weight excluding hydrogens is 296 g/mol. The van der Waals surface area contributed by atoms with Crippen molar-refractivity contribution in [3.8, 4) is 0 Å². The van der Waals surface area contributed by atoms with Gasteiger partial charge in [-0.1, -0.05) is 0 Å². The van der Waals surface area contributed by atoms with E-state index in [1.165, 1.54) is 0 Å². The molecule has 114 valence electrons. The molecule has 0 radical (unpaired) electrons. The number of nitrogens with zero attached hydrogens (tertiary/aromatic N) is 4. The van der Waals surface area contributed by atoms with E-state index in [0.717, 1.165) is 38.6 Å². The number of rotatable bonds is 0. The van der Waals surface area contributed by atoms with E-state index in [9.17, 15) is 28.8 Å². The minimum atomic E-state index is -1.33. The van der Waals surface area contributed by atoms with Gasteiger partial charge in [-0.15, -0.1) is 0 Å². The molecular formula is C12H10N4O6. The van der Waals surface area contributed by atoms with Crippen LogP contribution in [-0.4, -0.2) is 30.1 Å². The molecule has 22 heavy (non-hydrogen) atoms. The first-order valence-corrected chi connectivity index (χ1v) is 5.92. The van der Waals surface area contributed by atoms with Gasteiger partial charge in [0.2, 0.25) is 0 Å². The van der Waals surface area contributed by atoms with E-state index in [-0.39, 0.29) is 0 Å². The molecule has 0 atom stereocenters. The highest BCUT2D eigenvalue weighted by Crippen LogP contribution is 1.86. The number of aromatic nitrogens is 4. The summed E-state index contributed by atoms with van der Waals surface area (Å²) < 4.78 is 2.08. The second-order valence-electron chi connectivity index (χ2n) is 4.34. The predicted octanol–water partition coefficient (Wildman–Crippen LogP) is -2.61. The predicted molar refractivity (Wildman–Crippen MR) is 73.1 cm³/mol. The number of hydrogen-bond acceptors (Lipinski definition) is 6. The molecule has 0 saturated carbocycles. The van der Waals surface area contributed by atoms with Crippen LogP contribution in [-0.2, 0) is 14.1 Å². The van der Waals surface area contributed by atoms with E-state index in [1.54, 1.807) is 0 Å². The summed E-state index contributed by atoms with van der Waals surface area (Å²) in [5.41, 5.74) is -3.35. The van der Waals surface area contributed by atoms with Crippen molar-refractivity contribution >= 4 is 11.8 Å². The van der Waals surface area contributed by atoms with Crippen LogP contribution in [0.5, 0.6) is 0 Å². The van der Waals surface area contributed by atoms with Crippen molar-refractivity contribution in [2.45, 2.75) is 0 Å². The highest BCUT2D eigenvalue weighted by Gasteiger charge is 2.22. The molecule has 0 fully saturated rings. The minimum absolute atomic E-state index is 0.404. The SMILES string of the molecule is Cn1c(=O)ccn(C(=O)C(=O)n2ccc(=O)n(C)c2=O)c1=O. The van der Waals surface area contributed by atoms with E-state index in [4.69, 9.17) is 0 Å². The minimum Gasteiger partial charge on any atom is -0.269 e. The zero-order valence-corrected chi connectivity index (χ0v) is 11.5. The lowest BCUT2D eigenvalue weighted by Gasteiger charge is -2.07. The third-order valence-corrected chi connectivity index (χ3v) is 3.00. The Kier molecular flexibility index (Phi) is 3.59. The molecule has 2 heterocycles. The van der Waals surface area contributed by atoms with Crippen molar-refractivity contribution in [1.82, 2.24) is 18.3 Å². The molecule has 0 bridgehead atoms. The van der Waals surface area contributed by atoms with Gasteiger partial charge in [-0.2, -0.15) is 0 Å². The normalized spacial score (nSPS) is 10.5. The zero-order valence-electron chi connectivity index (χ0n) is 11.5. The highest BCUT2D eigenvalue weighted by molar-refractivity contribution is 6.36. The van der Waals surface area contributed by atoms with Gasteiger partial charge in [0.05, 0.1) is 0 Å². The Bertz CT molecular complexity index is 936. The first kappa shape index (κ1) is 15.1. The molecule has 0 aromatic carbocycles. The summed E-state index contributed by atoms with van der Waals surface area (Å²) in [4.78, 5) is 70.1. The molecule has 2 aromatic rings. The Morgan fingerprint density at radius 2 is 1.05 bits per heavy atom. The average molecular weight is 306 g/mol. The second kappa shape index (κ2) is 5.24. The van der Waals surface area contributed by atoms with Crippen molar-refractivity contribution in [2.24, 2.45) is 14.1 Å². The van der Waals surface area contributed by atoms with Crippen molar-refractivity contribution in [2.75, 3.05) is 0 Å². The molecule has 2 aromatic heterocycles. The van der Waals surface area contributed by atoms with Crippen molar-refractivity contribution in [3.63, 3.8) is 0 Å². The summed E-state index contributed by atoms with van der Waals surface area (Å²) in [5, 5.41) is 0. The summed E-state index contributed by atoms with van der Waals surface area (Å²) >= 11 is 0. The van der Waals surface area contributed by atoms with Gasteiger partial charge in [0.15, 0.2) is 0 Å². The summed E-state index contributed by atoms with van der Waals surface area (Å²) in [6.07, 6.45) is 1.69. The second-order valence-corrected chi connectivity index (χ2v) is 4.34. The number of carbonyl (C=O) groups excluding carboxylic acids is 2. The van der Waals surface area contributed by atoms with Gasteiger partial charge in [-0.3, -0.25) is 28.3 Å². The Labute approximate surface area is 121 Å². The first-order valence-electron chi connectivity index (χ1n) is 5.92. The lowest BCUT2D eigenvalue weighted by atomic mass is 10.4. The molecule has 10 heteroatoms. The van der Waals surface area contributed by atoms with Crippen LogP contribution in [0.4, 0.5) is 0 Å². The van der Waals surface area contributed by atoms with Gasteiger partial charge < -0.3 is 0 Å². The van der Waals surface area contributed by atoms with E-state index in [2.05, 4.69) is 0 Å². The number of carbonyl (C=O) groups is 2. The molecule has 0 aliphatic carbocycles. The van der Waals surface area contributed by atoms with Gasteiger partial charge in [0.1, 0.15) is 0 Å². The lowest BCUT2D eigenvalue weighted by Crippen LogP contribution is -2.46. The van der Waals surface area contributed by atoms with Crippen LogP contribution in [0.15, 0.2) is 43.7 Å². The monoisotopic (exact) mass is 306 g/mol. The van der Waals surface area contributed by atoms with E-state index >= 15 is 0 Å². The fourth-order valence-electron chi connectivity index (χ4n) is 1.65. The third-order valence-electron chi connectivity index (χ3n) is 3.00. The highest BCUT2D eigenvalue weighted by atomic mass is 16.2. The van der Waals surface area contributed by atoms with Crippen molar-refractivity contribution in [3.05, 3.63) is 66.2 Å². The van der Waals surface area contributed by atoms with Gasteiger partial charge >= 0.3 is 23.2 Å². The van der Waals surface area contributed by atoms with Crippen LogP contribution < -0.4 is 22.5 Å². The standard InChI is InChI=1S/C12H10N4O6/c1-13-7(17)3-5-15(11(13)21)9(19)10(20)16-6-4-8(18)14(2)12(16)22/h3-6H,1-2H3. The number of hydrogen-bond donors (Lipinski definition) is 0. The fraction of sp³-hybridized carbons (Fsp3) is 0.167. The molecule has 0 aliphatic rings. The average Bonchev–Trinajstić information content (AvgIpc) is 2.49. The van der Waals surface area contributed by atoms with Gasteiger partial charge in [0.25, 0.3) is 11.1 Å². The summed E-state index contributed by atoms with van der Waals surface area (Å²) in [5.74, 6) is -2.66. The quantitative estimate of drug-likeness (QED) is 0.491. The maximum Gasteiger partial charge on any atom is 0.337 e. The van der Waals surface area contributed by atoms with Crippen LogP contribution in [0.3, 0.4) is 0 Å². The Hall–Kier alpha value is -3.30. The molecule has 0 aliphatic heterocycles. The molecule has 2 rings (SSSR count). The van der Waals surface area contributed by atoms with Gasteiger partial charge in [0, 0.05) is 38.6 Å². The first-order chi connectivity index (χ1) is 10.3. The lowest BCUT2D eigenvalue weighted by molar-refractivity contribution is 0.0706. The molecule has 0 amide bonds. The Balaban J connectivity index is 2.59. The maximum atomic E-state index is 12.0. The van der Waals surface area contributed by atoms with Crippen LogP contribution in [0.1, 0.15) is 9.59 Å². The smallest absolute Gasteiger partial charge is 0.269 e. The Morgan fingerprint density at radius 3 is 1.36 bits per heavy atom. The van der Waals surface area contributed by atoms with Crippen LogP contribution >= 0.6 is 0 Å². The van der Waals surface area contributed by atoms with Gasteiger partial charge in [-0.25, -0.2) is 18.7 Å². The molecule has 0 unspecified atom stereocenters. The van der Waals surface area contributed by atoms with Crippen LogP contribution in [0.2, 0.25) is 0 Å². The van der Waals surface area contributed by atoms with E-state index in [0.29, 0.717) is 18.3 Å². The van der Waals surface area contributed by atoms with Crippen molar-refractivity contribution < 1.29 is 9.59 Å². The summed E-state index contributed by atoms with van der Waals surface area (Å²) in [6.45, 7) is 0. The molecule has 10 nitrogen and oxygen atoms in total. The summed E-state index contributed by atoms with van der Waals surface area (Å²) in [6, 6.07) is 1.85. The fourth-order valence-corrected chi connectivity index (χ4v) is 1.65. The maximum absolute atomic E-state index is 12.0. The van der Waals surface area contributed by atoms with E-state index in [1.807, 2.05) is 0 Å². The molecule has 0 N–H and O–H groups in total. The van der Waals surface area contributed by atoms with Crippen molar-refractivity contribution in [1.29, 1.82) is 0 Å². The topological polar surface area (TPSA) is 122 Å². The van der Waals surface area contributed by atoms with E-state index < -0.39 is 34.3 Å². The zero-order chi connectivity index (χ0) is 16.6. The van der Waals surface area contributed by atoms with Crippen LogP contribution in [0, 0.1) is 0 Å². The van der Waals surface area contributed by atoms with Crippen LogP contribution in [0.25, 0.3) is 0 Å². The largest absolute Gasteiger partial charge is 0.337 e. The molecule has 0 spiro atoms. The Morgan fingerprint density at radius 1 is 0.727 bits per heavy atom. The third kappa shape index (κ3) is 2.26. The molecule has 0 saturated heterocycles. The van der Waals surface area contributed by atoms with Gasteiger partial charge in [-0.05, 0) is 0 Å².